The van der Waals surface area contributed by atoms with Crippen LogP contribution in [0.25, 0.3) is 6.08 Å². The van der Waals surface area contributed by atoms with E-state index < -0.39 is 5.91 Å². The molecular formula is C20H22N2O3. The number of amides is 2. The molecule has 0 radical (unpaired) electrons. The van der Waals surface area contributed by atoms with Gasteiger partial charge in [0.15, 0.2) is 0 Å². The number of hydrogen-bond acceptors (Lipinski definition) is 3. The molecule has 0 spiro atoms. The van der Waals surface area contributed by atoms with Gasteiger partial charge in [0.1, 0.15) is 5.75 Å². The quantitative estimate of drug-likeness (QED) is 0.735. The molecule has 130 valence electrons. The van der Waals surface area contributed by atoms with Gasteiger partial charge in [-0.25, -0.2) is 0 Å². The SMILES string of the molecule is NC(=O)CCOc1ccccc1NC(=O)CC/C=C\c1ccccc1. The van der Waals surface area contributed by atoms with Crippen molar-refractivity contribution in [3.63, 3.8) is 0 Å². The van der Waals surface area contributed by atoms with E-state index in [1.807, 2.05) is 48.6 Å². The summed E-state index contributed by atoms with van der Waals surface area (Å²) in [6, 6.07) is 17.1. The van der Waals surface area contributed by atoms with E-state index in [9.17, 15) is 9.59 Å². The van der Waals surface area contributed by atoms with Crippen molar-refractivity contribution in [2.75, 3.05) is 11.9 Å². The lowest BCUT2D eigenvalue weighted by Gasteiger charge is -2.11. The van der Waals surface area contributed by atoms with Gasteiger partial charge in [0.2, 0.25) is 11.8 Å². The molecule has 2 aromatic carbocycles. The monoisotopic (exact) mass is 338 g/mol. The van der Waals surface area contributed by atoms with E-state index in [1.165, 1.54) is 0 Å². The molecule has 0 aliphatic carbocycles. The van der Waals surface area contributed by atoms with E-state index in [2.05, 4.69) is 5.32 Å². The summed E-state index contributed by atoms with van der Waals surface area (Å²) < 4.78 is 5.50. The third kappa shape index (κ3) is 6.91. The number of benzene rings is 2. The summed E-state index contributed by atoms with van der Waals surface area (Å²) in [5.74, 6) is 0.00677. The lowest BCUT2D eigenvalue weighted by Crippen LogP contribution is -2.16. The van der Waals surface area contributed by atoms with Gasteiger partial charge in [-0.1, -0.05) is 54.6 Å². The van der Waals surface area contributed by atoms with Gasteiger partial charge >= 0.3 is 0 Å². The number of hydrogen-bond donors (Lipinski definition) is 2. The molecule has 0 aliphatic rings. The number of carbonyl (C=O) groups excluding carboxylic acids is 2. The smallest absolute Gasteiger partial charge is 0.224 e. The molecule has 0 unspecified atom stereocenters. The summed E-state index contributed by atoms with van der Waals surface area (Å²) in [5.41, 5.74) is 6.78. The first-order valence-corrected chi connectivity index (χ1v) is 8.17. The Labute approximate surface area is 147 Å². The highest BCUT2D eigenvalue weighted by atomic mass is 16.5. The number of primary amides is 1. The molecule has 0 saturated heterocycles. The molecule has 2 amide bonds. The van der Waals surface area contributed by atoms with Gasteiger partial charge in [-0.15, -0.1) is 0 Å². The minimum atomic E-state index is -0.424. The van der Waals surface area contributed by atoms with E-state index >= 15 is 0 Å². The second-order valence-corrected chi connectivity index (χ2v) is 5.46. The van der Waals surface area contributed by atoms with Crippen molar-refractivity contribution in [2.24, 2.45) is 5.73 Å². The van der Waals surface area contributed by atoms with Crippen LogP contribution in [-0.2, 0) is 9.59 Å². The Morgan fingerprint density at radius 1 is 1.00 bits per heavy atom. The molecule has 5 heteroatoms. The maximum absolute atomic E-state index is 12.1. The fourth-order valence-electron chi connectivity index (χ4n) is 2.17. The highest BCUT2D eigenvalue weighted by Crippen LogP contribution is 2.24. The van der Waals surface area contributed by atoms with Crippen LogP contribution >= 0.6 is 0 Å². The van der Waals surface area contributed by atoms with Crippen LogP contribution in [0.2, 0.25) is 0 Å². The molecule has 2 aromatic rings. The Morgan fingerprint density at radius 2 is 1.72 bits per heavy atom. The maximum Gasteiger partial charge on any atom is 0.224 e. The van der Waals surface area contributed by atoms with Crippen LogP contribution in [0.3, 0.4) is 0 Å². The highest BCUT2D eigenvalue weighted by Gasteiger charge is 2.07. The molecule has 0 saturated carbocycles. The first-order valence-electron chi connectivity index (χ1n) is 8.17. The summed E-state index contributed by atoms with van der Waals surface area (Å²) >= 11 is 0. The predicted octanol–water partition coefficient (Wildman–Crippen LogP) is 3.37. The highest BCUT2D eigenvalue weighted by molar-refractivity contribution is 5.92. The maximum atomic E-state index is 12.1. The lowest BCUT2D eigenvalue weighted by molar-refractivity contribution is -0.118. The molecule has 0 fully saturated rings. The molecule has 0 bridgehead atoms. The van der Waals surface area contributed by atoms with E-state index in [0.717, 1.165) is 5.56 Å². The number of nitrogens with one attached hydrogen (secondary N) is 1. The fourth-order valence-corrected chi connectivity index (χ4v) is 2.17. The van der Waals surface area contributed by atoms with Crippen LogP contribution in [0.5, 0.6) is 5.75 Å². The number of para-hydroxylation sites is 2. The Kier molecular flexibility index (Phi) is 7.25. The van der Waals surface area contributed by atoms with Gasteiger partial charge in [-0.2, -0.15) is 0 Å². The number of anilines is 1. The average Bonchev–Trinajstić information content (AvgIpc) is 2.61. The van der Waals surface area contributed by atoms with Crippen LogP contribution in [0.1, 0.15) is 24.8 Å². The van der Waals surface area contributed by atoms with E-state index in [1.54, 1.807) is 18.2 Å². The van der Waals surface area contributed by atoms with Gasteiger partial charge in [0.25, 0.3) is 0 Å². The van der Waals surface area contributed by atoms with Crippen molar-refractivity contribution in [2.45, 2.75) is 19.3 Å². The van der Waals surface area contributed by atoms with Crippen molar-refractivity contribution in [1.29, 1.82) is 0 Å². The number of rotatable bonds is 9. The fraction of sp³-hybridized carbons (Fsp3) is 0.200. The number of allylic oxidation sites excluding steroid dienone is 1. The zero-order valence-corrected chi connectivity index (χ0v) is 14.0. The molecule has 0 aliphatic heterocycles. The third-order valence-electron chi connectivity index (χ3n) is 3.42. The van der Waals surface area contributed by atoms with Crippen LogP contribution in [-0.4, -0.2) is 18.4 Å². The van der Waals surface area contributed by atoms with Crippen molar-refractivity contribution >= 4 is 23.6 Å². The largest absolute Gasteiger partial charge is 0.491 e. The van der Waals surface area contributed by atoms with Crippen molar-refractivity contribution in [3.05, 3.63) is 66.2 Å². The average molecular weight is 338 g/mol. The zero-order valence-electron chi connectivity index (χ0n) is 14.0. The summed E-state index contributed by atoms with van der Waals surface area (Å²) in [5, 5.41) is 2.83. The predicted molar refractivity (Wildman–Crippen MR) is 99.1 cm³/mol. The van der Waals surface area contributed by atoms with Crippen LogP contribution in [0.15, 0.2) is 60.7 Å². The molecule has 2 rings (SSSR count). The molecule has 0 aromatic heterocycles. The van der Waals surface area contributed by atoms with Crippen LogP contribution in [0, 0.1) is 0 Å². The zero-order chi connectivity index (χ0) is 17.9. The third-order valence-corrected chi connectivity index (χ3v) is 3.42. The van der Waals surface area contributed by atoms with Crippen molar-refractivity contribution < 1.29 is 14.3 Å². The first kappa shape index (κ1) is 18.3. The first-order chi connectivity index (χ1) is 12.1. The molecule has 0 atom stereocenters. The molecule has 25 heavy (non-hydrogen) atoms. The Hall–Kier alpha value is -3.08. The molecule has 3 N–H and O–H groups in total. The van der Waals surface area contributed by atoms with E-state index in [-0.39, 0.29) is 18.9 Å². The number of ether oxygens (including phenoxy) is 1. The Bertz CT molecular complexity index is 727. The van der Waals surface area contributed by atoms with Crippen LogP contribution in [0.4, 0.5) is 5.69 Å². The summed E-state index contributed by atoms with van der Waals surface area (Å²) in [6.07, 6.45) is 5.12. The number of nitrogens with two attached hydrogens (primary N) is 1. The van der Waals surface area contributed by atoms with E-state index in [0.29, 0.717) is 24.3 Å². The van der Waals surface area contributed by atoms with Gasteiger partial charge in [0.05, 0.1) is 18.7 Å². The minimum Gasteiger partial charge on any atom is -0.491 e. The van der Waals surface area contributed by atoms with Gasteiger partial charge in [-0.3, -0.25) is 9.59 Å². The molecule has 5 nitrogen and oxygen atoms in total. The lowest BCUT2D eigenvalue weighted by atomic mass is 10.2. The van der Waals surface area contributed by atoms with Crippen LogP contribution < -0.4 is 15.8 Å². The number of carbonyl (C=O) groups is 2. The topological polar surface area (TPSA) is 81.4 Å². The molecular weight excluding hydrogens is 316 g/mol. The standard InChI is InChI=1S/C20H22N2O3/c21-19(23)14-15-25-18-12-6-5-11-17(18)22-20(24)13-7-4-10-16-8-2-1-3-9-16/h1-6,8-12H,7,13-15H2,(H2,21,23)(H,22,24)/b10-4-. The van der Waals surface area contributed by atoms with E-state index in [4.69, 9.17) is 10.5 Å². The second kappa shape index (κ2) is 9.93. The van der Waals surface area contributed by atoms with Crippen molar-refractivity contribution in [1.82, 2.24) is 0 Å². The Balaban J connectivity index is 1.81. The minimum absolute atomic E-state index is 0.0938. The summed E-state index contributed by atoms with van der Waals surface area (Å²) in [4.78, 5) is 22.9. The summed E-state index contributed by atoms with van der Waals surface area (Å²) in [6.45, 7) is 0.183. The van der Waals surface area contributed by atoms with Gasteiger partial charge in [-0.05, 0) is 24.1 Å². The van der Waals surface area contributed by atoms with Gasteiger partial charge < -0.3 is 15.8 Å². The van der Waals surface area contributed by atoms with Crippen molar-refractivity contribution in [3.8, 4) is 5.75 Å². The Morgan fingerprint density at radius 3 is 2.48 bits per heavy atom. The second-order valence-electron chi connectivity index (χ2n) is 5.46. The summed E-state index contributed by atoms with van der Waals surface area (Å²) in [7, 11) is 0. The normalized spacial score (nSPS) is 10.6. The van der Waals surface area contributed by atoms with Gasteiger partial charge in [0, 0.05) is 6.42 Å². The molecule has 0 heterocycles.